The largest absolute Gasteiger partial charge is 0.378 e. The first-order chi connectivity index (χ1) is 13.7. The van der Waals surface area contributed by atoms with Crippen LogP contribution in [0, 0.1) is 0 Å². The van der Waals surface area contributed by atoms with Crippen molar-refractivity contribution >= 4 is 39.1 Å². The maximum absolute atomic E-state index is 12.9. The Kier molecular flexibility index (Phi) is 6.73. The van der Waals surface area contributed by atoms with E-state index in [1.807, 2.05) is 4.90 Å². The summed E-state index contributed by atoms with van der Waals surface area (Å²) in [6, 6.07) is 10.1. The molecule has 2 aromatic carbocycles. The average Bonchev–Trinajstić information content (AvgIpc) is 2.68. The number of nitrogens with zero attached hydrogens (tertiary/aromatic N) is 1. The molecule has 0 saturated carbocycles. The molecule has 1 fully saturated rings. The number of carbonyl (C=O) groups is 1. The van der Waals surface area contributed by atoms with Crippen LogP contribution in [0.3, 0.4) is 0 Å². The van der Waals surface area contributed by atoms with Gasteiger partial charge in [0, 0.05) is 29.4 Å². The zero-order valence-corrected chi connectivity index (χ0v) is 16.8. The fourth-order valence-electron chi connectivity index (χ4n) is 2.87. The van der Waals surface area contributed by atoms with Crippen LogP contribution in [0.2, 0.25) is 0 Å². The number of nitrogens with two attached hydrogens (primary N) is 1. The predicted octanol–water partition coefficient (Wildman–Crippen LogP) is 2.74. The van der Waals surface area contributed by atoms with Gasteiger partial charge in [-0.3, -0.25) is 4.79 Å². The Morgan fingerprint density at radius 2 is 1.79 bits per heavy atom. The van der Waals surface area contributed by atoms with Gasteiger partial charge in [-0.2, -0.15) is 8.78 Å². The standard InChI is InChI=1S/C18H19F2N3O4S2/c19-18(20)28-13-3-1-12(2-4-13)22-17(24)15-11-14(29(21,25)26)5-6-16(15)23-7-9-27-10-8-23/h1-6,11,18H,7-10H2,(H,22,24)(H2,21,25,26). The third kappa shape index (κ3) is 5.66. The molecule has 0 atom stereocenters. The van der Waals surface area contributed by atoms with Gasteiger partial charge in [-0.25, -0.2) is 13.6 Å². The molecule has 0 spiro atoms. The summed E-state index contributed by atoms with van der Waals surface area (Å²) in [4.78, 5) is 15.0. The monoisotopic (exact) mass is 443 g/mol. The second-order valence-electron chi connectivity index (χ2n) is 6.18. The molecular formula is C18H19F2N3O4S2. The molecule has 1 heterocycles. The van der Waals surface area contributed by atoms with Crippen molar-refractivity contribution in [3.05, 3.63) is 48.0 Å². The highest BCUT2D eigenvalue weighted by Gasteiger charge is 2.22. The fourth-order valence-corrected chi connectivity index (χ4v) is 3.91. The summed E-state index contributed by atoms with van der Waals surface area (Å²) in [5.74, 6) is -3.07. The lowest BCUT2D eigenvalue weighted by atomic mass is 10.1. The van der Waals surface area contributed by atoms with Crippen LogP contribution in [0.5, 0.6) is 0 Å². The van der Waals surface area contributed by atoms with E-state index in [0.29, 0.717) is 54.3 Å². The summed E-state index contributed by atoms with van der Waals surface area (Å²) < 4.78 is 53.6. The third-order valence-electron chi connectivity index (χ3n) is 4.23. The lowest BCUT2D eigenvalue weighted by Crippen LogP contribution is -2.37. The third-order valence-corrected chi connectivity index (χ3v) is 5.86. The number of rotatable bonds is 6. The second kappa shape index (κ2) is 9.08. The molecule has 1 amide bonds. The molecule has 1 aliphatic heterocycles. The molecule has 11 heteroatoms. The number of hydrogen-bond acceptors (Lipinski definition) is 6. The van der Waals surface area contributed by atoms with Gasteiger partial charge in [-0.15, -0.1) is 0 Å². The summed E-state index contributed by atoms with van der Waals surface area (Å²) >= 11 is 0.403. The molecule has 3 N–H and O–H groups in total. The van der Waals surface area contributed by atoms with E-state index in [9.17, 15) is 22.0 Å². The van der Waals surface area contributed by atoms with Crippen molar-refractivity contribution in [3.63, 3.8) is 0 Å². The molecule has 0 unspecified atom stereocenters. The van der Waals surface area contributed by atoms with Gasteiger partial charge in [-0.1, -0.05) is 11.8 Å². The summed E-state index contributed by atoms with van der Waals surface area (Å²) in [7, 11) is -3.99. The Balaban J connectivity index is 1.88. The van der Waals surface area contributed by atoms with Gasteiger partial charge in [0.2, 0.25) is 10.0 Å². The molecule has 0 bridgehead atoms. The van der Waals surface area contributed by atoms with Gasteiger partial charge in [0.15, 0.2) is 0 Å². The zero-order chi connectivity index (χ0) is 21.0. The van der Waals surface area contributed by atoms with Crippen LogP contribution < -0.4 is 15.4 Å². The number of thioether (sulfide) groups is 1. The maximum Gasteiger partial charge on any atom is 0.288 e. The zero-order valence-electron chi connectivity index (χ0n) is 15.2. The van der Waals surface area contributed by atoms with Gasteiger partial charge in [0.05, 0.1) is 23.7 Å². The Morgan fingerprint density at radius 1 is 1.14 bits per heavy atom. The number of alkyl halides is 2. The molecule has 3 rings (SSSR count). The van der Waals surface area contributed by atoms with E-state index in [2.05, 4.69) is 5.32 Å². The maximum atomic E-state index is 12.9. The van der Waals surface area contributed by atoms with Crippen LogP contribution in [0.25, 0.3) is 0 Å². The normalized spacial score (nSPS) is 14.8. The topological polar surface area (TPSA) is 102 Å². The van der Waals surface area contributed by atoms with E-state index < -0.39 is 21.7 Å². The highest BCUT2D eigenvalue weighted by atomic mass is 32.2. The molecule has 2 aromatic rings. The molecule has 0 aromatic heterocycles. The van der Waals surface area contributed by atoms with E-state index >= 15 is 0 Å². The number of halogens is 2. The van der Waals surface area contributed by atoms with E-state index in [4.69, 9.17) is 9.88 Å². The van der Waals surface area contributed by atoms with Crippen molar-refractivity contribution in [1.82, 2.24) is 0 Å². The molecule has 1 saturated heterocycles. The van der Waals surface area contributed by atoms with E-state index in [1.165, 1.54) is 36.4 Å². The number of ether oxygens (including phenoxy) is 1. The van der Waals surface area contributed by atoms with Crippen LogP contribution in [-0.2, 0) is 14.8 Å². The Bertz CT molecular complexity index is 979. The van der Waals surface area contributed by atoms with E-state index in [-0.39, 0.29) is 10.5 Å². The highest BCUT2D eigenvalue weighted by molar-refractivity contribution is 7.99. The van der Waals surface area contributed by atoms with Gasteiger partial charge >= 0.3 is 0 Å². The van der Waals surface area contributed by atoms with Crippen molar-refractivity contribution in [2.24, 2.45) is 5.14 Å². The number of carbonyl (C=O) groups excluding carboxylic acids is 1. The van der Waals surface area contributed by atoms with Crippen LogP contribution in [0.15, 0.2) is 52.3 Å². The quantitative estimate of drug-likeness (QED) is 0.666. The van der Waals surface area contributed by atoms with Gasteiger partial charge in [-0.05, 0) is 42.5 Å². The number of benzene rings is 2. The van der Waals surface area contributed by atoms with Crippen LogP contribution in [0.4, 0.5) is 20.2 Å². The minimum Gasteiger partial charge on any atom is -0.378 e. The molecule has 156 valence electrons. The van der Waals surface area contributed by atoms with Gasteiger partial charge < -0.3 is 15.0 Å². The van der Waals surface area contributed by atoms with Crippen LogP contribution in [-0.4, -0.2) is 46.4 Å². The number of amides is 1. The average molecular weight is 443 g/mol. The first-order valence-corrected chi connectivity index (χ1v) is 11.0. The van der Waals surface area contributed by atoms with E-state index in [1.54, 1.807) is 6.07 Å². The molecule has 7 nitrogen and oxygen atoms in total. The minimum absolute atomic E-state index is 0.143. The Labute approximate surface area is 171 Å². The molecule has 0 radical (unpaired) electrons. The second-order valence-corrected chi connectivity index (χ2v) is 8.81. The van der Waals surface area contributed by atoms with E-state index in [0.717, 1.165) is 0 Å². The smallest absolute Gasteiger partial charge is 0.288 e. The van der Waals surface area contributed by atoms with Gasteiger partial charge in [0.25, 0.3) is 11.7 Å². The van der Waals surface area contributed by atoms with Crippen molar-refractivity contribution in [2.75, 3.05) is 36.5 Å². The summed E-state index contributed by atoms with van der Waals surface area (Å²) in [5, 5.41) is 7.87. The number of morpholine rings is 1. The van der Waals surface area contributed by atoms with Crippen molar-refractivity contribution in [3.8, 4) is 0 Å². The number of sulfonamides is 1. The number of primary sulfonamides is 1. The lowest BCUT2D eigenvalue weighted by Gasteiger charge is -2.30. The lowest BCUT2D eigenvalue weighted by molar-refractivity contribution is 0.102. The molecule has 29 heavy (non-hydrogen) atoms. The van der Waals surface area contributed by atoms with Crippen molar-refractivity contribution in [2.45, 2.75) is 15.5 Å². The van der Waals surface area contributed by atoms with Crippen molar-refractivity contribution in [1.29, 1.82) is 0 Å². The summed E-state index contributed by atoms with van der Waals surface area (Å²) in [6.45, 7) is 2.08. The number of nitrogens with one attached hydrogen (secondary N) is 1. The van der Waals surface area contributed by atoms with Crippen LogP contribution >= 0.6 is 11.8 Å². The first-order valence-electron chi connectivity index (χ1n) is 8.60. The van der Waals surface area contributed by atoms with Crippen molar-refractivity contribution < 1.29 is 26.7 Å². The summed E-state index contributed by atoms with van der Waals surface area (Å²) in [5.41, 5.74) is 1.09. The minimum atomic E-state index is -3.99. The first kappa shape index (κ1) is 21.5. The summed E-state index contributed by atoms with van der Waals surface area (Å²) in [6.07, 6.45) is 0. The predicted molar refractivity (Wildman–Crippen MR) is 107 cm³/mol. The number of anilines is 2. The van der Waals surface area contributed by atoms with Crippen LogP contribution in [0.1, 0.15) is 10.4 Å². The highest BCUT2D eigenvalue weighted by Crippen LogP contribution is 2.28. The molecular weight excluding hydrogens is 424 g/mol. The Hall–Kier alpha value is -2.21. The SMILES string of the molecule is NS(=O)(=O)c1ccc(N2CCOCC2)c(C(=O)Nc2ccc(SC(F)F)cc2)c1. The van der Waals surface area contributed by atoms with Gasteiger partial charge in [0.1, 0.15) is 0 Å². The fraction of sp³-hybridized carbons (Fsp3) is 0.278. The molecule has 1 aliphatic rings. The number of hydrogen-bond donors (Lipinski definition) is 2. The Morgan fingerprint density at radius 3 is 2.38 bits per heavy atom. The molecule has 0 aliphatic carbocycles.